The molecule has 0 aromatic heterocycles. The number of likely N-dealkylation sites (N-methyl/N-ethyl adjacent to an activating group) is 2. The third kappa shape index (κ3) is 7.36. The lowest BCUT2D eigenvalue weighted by atomic mass is 9.91. The molecule has 1 unspecified atom stereocenters. The number of rotatable bonds is 10. The van der Waals surface area contributed by atoms with Gasteiger partial charge in [0.2, 0.25) is 0 Å². The standard InChI is InChI=1S/C37H38N4O4/c1-39-21-19-27(26-13-16-32(17-14-26)41(30-9-5-3-6-10-30)31-11-7-4-8-12-31)23-33(39)18-15-28(36(42)43)24-34(38)35-25-29(37(44)45)20-22-40(35)2/h3-13,15-16,19-21,23-25,33H,14,17-18,22,38H2,1-2H3,(H,42,43)(H,44,45)/b28-15+,34-24-. The fraction of sp³-hybridized carbons (Fsp3) is 0.189. The van der Waals surface area contributed by atoms with Crippen molar-refractivity contribution in [1.29, 1.82) is 0 Å². The van der Waals surface area contributed by atoms with Crippen molar-refractivity contribution in [2.75, 3.05) is 25.5 Å². The van der Waals surface area contributed by atoms with Crippen LogP contribution in [0, 0.1) is 0 Å². The molecule has 0 bridgehead atoms. The van der Waals surface area contributed by atoms with Gasteiger partial charge in [0.1, 0.15) is 0 Å². The topological polar surface area (TPSA) is 110 Å². The number of nitrogens with zero attached hydrogens (tertiary/aromatic N) is 3. The number of carboxylic acids is 2. The van der Waals surface area contributed by atoms with Crippen LogP contribution in [0.15, 0.2) is 155 Å². The van der Waals surface area contributed by atoms with Crippen molar-refractivity contribution in [3.05, 3.63) is 155 Å². The zero-order chi connectivity index (χ0) is 31.9. The number of benzene rings is 2. The number of carbonyl (C=O) groups is 2. The number of carboxylic acid groups (broad SMARTS) is 2. The van der Waals surface area contributed by atoms with E-state index in [2.05, 4.69) is 82.6 Å². The van der Waals surface area contributed by atoms with Crippen LogP contribution in [0.25, 0.3) is 0 Å². The highest BCUT2D eigenvalue weighted by Gasteiger charge is 2.22. The second-order valence-corrected chi connectivity index (χ2v) is 11.2. The van der Waals surface area contributed by atoms with Gasteiger partial charge in [0.15, 0.2) is 0 Å². The van der Waals surface area contributed by atoms with Gasteiger partial charge in [-0.05, 0) is 85.2 Å². The summed E-state index contributed by atoms with van der Waals surface area (Å²) in [7, 11) is 3.75. The van der Waals surface area contributed by atoms with Crippen LogP contribution in [0.2, 0.25) is 0 Å². The highest BCUT2D eigenvalue weighted by atomic mass is 16.4. The first-order valence-electron chi connectivity index (χ1n) is 14.9. The summed E-state index contributed by atoms with van der Waals surface area (Å²) in [6, 6.07) is 20.7. The maximum absolute atomic E-state index is 12.2. The van der Waals surface area contributed by atoms with E-state index in [0.29, 0.717) is 18.7 Å². The molecule has 8 heteroatoms. The third-order valence-electron chi connectivity index (χ3n) is 8.17. The van der Waals surface area contributed by atoms with Crippen molar-refractivity contribution in [2.24, 2.45) is 5.73 Å². The maximum Gasteiger partial charge on any atom is 0.335 e. The number of allylic oxidation sites excluding steroid dienone is 6. The predicted octanol–water partition coefficient (Wildman–Crippen LogP) is 6.27. The number of nitrogens with two attached hydrogens (primary N) is 1. The van der Waals surface area contributed by atoms with Crippen molar-refractivity contribution < 1.29 is 19.8 Å². The van der Waals surface area contributed by atoms with E-state index in [1.165, 1.54) is 23.4 Å². The van der Waals surface area contributed by atoms with Gasteiger partial charge >= 0.3 is 11.9 Å². The van der Waals surface area contributed by atoms with Crippen LogP contribution in [0.4, 0.5) is 11.4 Å². The van der Waals surface area contributed by atoms with Gasteiger partial charge in [-0.15, -0.1) is 0 Å². The van der Waals surface area contributed by atoms with Crippen LogP contribution in [0.1, 0.15) is 19.3 Å². The number of hydrogen-bond donors (Lipinski definition) is 3. The summed E-state index contributed by atoms with van der Waals surface area (Å²) in [6.07, 6.45) is 19.0. The number of aliphatic carboxylic acids is 2. The molecule has 0 amide bonds. The minimum Gasteiger partial charge on any atom is -0.478 e. The first kappa shape index (κ1) is 30.9. The van der Waals surface area contributed by atoms with Crippen molar-refractivity contribution in [3.63, 3.8) is 0 Å². The largest absolute Gasteiger partial charge is 0.478 e. The van der Waals surface area contributed by atoms with Gasteiger partial charge in [0.25, 0.3) is 0 Å². The summed E-state index contributed by atoms with van der Waals surface area (Å²) in [4.78, 5) is 29.7. The molecule has 0 saturated heterocycles. The molecule has 230 valence electrons. The van der Waals surface area contributed by atoms with Gasteiger partial charge in [-0.1, -0.05) is 60.7 Å². The van der Waals surface area contributed by atoms with Gasteiger partial charge in [-0.25, -0.2) is 9.59 Å². The molecule has 3 aliphatic rings. The van der Waals surface area contributed by atoms with Crippen LogP contribution < -0.4 is 10.6 Å². The van der Waals surface area contributed by atoms with E-state index in [4.69, 9.17) is 5.73 Å². The van der Waals surface area contributed by atoms with E-state index in [-0.39, 0.29) is 22.9 Å². The van der Waals surface area contributed by atoms with Crippen molar-refractivity contribution >= 4 is 23.3 Å². The number of hydrogen-bond acceptors (Lipinski definition) is 6. The summed E-state index contributed by atoms with van der Waals surface area (Å²) in [6.45, 7) is 0.365. The zero-order valence-electron chi connectivity index (χ0n) is 25.5. The molecule has 8 nitrogen and oxygen atoms in total. The lowest BCUT2D eigenvalue weighted by Crippen LogP contribution is -2.28. The average Bonchev–Trinajstić information content (AvgIpc) is 3.05. The molecular weight excluding hydrogens is 564 g/mol. The van der Waals surface area contributed by atoms with E-state index < -0.39 is 11.9 Å². The second kappa shape index (κ2) is 13.9. The Morgan fingerprint density at radius 2 is 1.64 bits per heavy atom. The number of anilines is 2. The van der Waals surface area contributed by atoms with Crippen molar-refractivity contribution in [2.45, 2.75) is 25.3 Å². The van der Waals surface area contributed by atoms with Crippen molar-refractivity contribution in [1.82, 2.24) is 9.80 Å². The fourth-order valence-corrected chi connectivity index (χ4v) is 5.63. The molecule has 1 atom stereocenters. The monoisotopic (exact) mass is 602 g/mol. The van der Waals surface area contributed by atoms with Gasteiger partial charge in [0.05, 0.1) is 28.6 Å². The Kier molecular flexibility index (Phi) is 9.53. The van der Waals surface area contributed by atoms with Crippen LogP contribution >= 0.6 is 0 Å². The summed E-state index contributed by atoms with van der Waals surface area (Å²) in [5.41, 5.74) is 12.9. The Balaban J connectivity index is 1.36. The molecule has 0 radical (unpaired) electrons. The SMILES string of the molecule is CN1CC=C(C(=O)O)C=C1/C(N)=C/C(=C\CC1C=C(C2=CC=C(N(c3ccccc3)c3ccccc3)CC2)C=CN1C)C(=O)O. The Morgan fingerprint density at radius 1 is 0.978 bits per heavy atom. The molecule has 0 saturated carbocycles. The van der Waals surface area contributed by atoms with E-state index in [1.807, 2.05) is 25.4 Å². The second-order valence-electron chi connectivity index (χ2n) is 11.2. The van der Waals surface area contributed by atoms with E-state index in [0.717, 1.165) is 29.8 Å². The Hall–Kier alpha value is -5.50. The summed E-state index contributed by atoms with van der Waals surface area (Å²) in [5, 5.41) is 19.3. The minimum atomic E-state index is -1.10. The van der Waals surface area contributed by atoms with E-state index in [1.54, 1.807) is 24.1 Å². The molecule has 1 aliphatic carbocycles. The lowest BCUT2D eigenvalue weighted by Gasteiger charge is -2.31. The van der Waals surface area contributed by atoms with Crippen molar-refractivity contribution in [3.8, 4) is 0 Å². The molecular formula is C37H38N4O4. The highest BCUT2D eigenvalue weighted by molar-refractivity contribution is 5.91. The zero-order valence-corrected chi connectivity index (χ0v) is 25.5. The van der Waals surface area contributed by atoms with E-state index >= 15 is 0 Å². The molecule has 2 aromatic rings. The predicted molar refractivity (Wildman–Crippen MR) is 178 cm³/mol. The molecule has 45 heavy (non-hydrogen) atoms. The molecule has 5 rings (SSSR count). The highest BCUT2D eigenvalue weighted by Crippen LogP contribution is 2.36. The van der Waals surface area contributed by atoms with Crippen LogP contribution in [0.3, 0.4) is 0 Å². The summed E-state index contributed by atoms with van der Waals surface area (Å²) in [5.74, 6) is -2.15. The molecule has 2 aromatic carbocycles. The van der Waals surface area contributed by atoms with Crippen LogP contribution in [-0.4, -0.2) is 58.6 Å². The first-order chi connectivity index (χ1) is 21.7. The smallest absolute Gasteiger partial charge is 0.335 e. The quantitative estimate of drug-likeness (QED) is 0.216. The lowest BCUT2D eigenvalue weighted by molar-refractivity contribution is -0.133. The van der Waals surface area contributed by atoms with Gasteiger partial charge < -0.3 is 30.6 Å². The Labute approximate surface area is 264 Å². The molecule has 2 heterocycles. The first-order valence-corrected chi connectivity index (χ1v) is 14.9. The Morgan fingerprint density at radius 3 is 2.22 bits per heavy atom. The molecule has 2 aliphatic heterocycles. The molecule has 0 spiro atoms. The van der Waals surface area contributed by atoms with Crippen LogP contribution in [-0.2, 0) is 9.59 Å². The normalized spacial score (nSPS) is 18.8. The average molecular weight is 603 g/mol. The fourth-order valence-electron chi connectivity index (χ4n) is 5.63. The van der Waals surface area contributed by atoms with Gasteiger partial charge in [-0.2, -0.15) is 0 Å². The summed E-state index contributed by atoms with van der Waals surface area (Å²) < 4.78 is 0. The molecule has 4 N–H and O–H groups in total. The van der Waals surface area contributed by atoms with Gasteiger partial charge in [0, 0.05) is 37.7 Å². The number of para-hydroxylation sites is 2. The third-order valence-corrected chi connectivity index (χ3v) is 8.17. The van der Waals surface area contributed by atoms with Gasteiger partial charge in [-0.3, -0.25) is 0 Å². The Bertz CT molecular complexity index is 1650. The minimum absolute atomic E-state index is 0.0523. The summed E-state index contributed by atoms with van der Waals surface area (Å²) >= 11 is 0. The van der Waals surface area contributed by atoms with Crippen LogP contribution in [0.5, 0.6) is 0 Å². The van der Waals surface area contributed by atoms with E-state index in [9.17, 15) is 19.8 Å². The maximum atomic E-state index is 12.2. The molecule has 0 fully saturated rings.